The third-order valence-corrected chi connectivity index (χ3v) is 9.52. The fourth-order valence-corrected chi connectivity index (χ4v) is 7.74. The summed E-state index contributed by atoms with van der Waals surface area (Å²) in [6.45, 7) is 31.4. The van der Waals surface area contributed by atoms with Gasteiger partial charge in [-0.05, 0) is 75.3 Å². The molecule has 0 nitrogen and oxygen atoms in total. The molecule has 54 heavy (non-hydrogen) atoms. The minimum absolute atomic E-state index is 0.522. The third kappa shape index (κ3) is 12.9. The molecule has 0 heterocycles. The van der Waals surface area contributed by atoms with Crippen molar-refractivity contribution >= 4 is 48.1 Å². The van der Waals surface area contributed by atoms with Gasteiger partial charge in [-0.3, -0.25) is 0 Å². The van der Waals surface area contributed by atoms with E-state index < -0.39 is 20.8 Å². The van der Waals surface area contributed by atoms with Crippen molar-refractivity contribution in [2.24, 2.45) is 11.8 Å². The van der Waals surface area contributed by atoms with E-state index in [-0.39, 0.29) is 0 Å². The van der Waals surface area contributed by atoms with E-state index in [9.17, 15) is 0 Å². The molecular weight excluding hydrogens is 791 g/mol. The zero-order valence-electron chi connectivity index (χ0n) is 35.6. The molecule has 0 saturated carbocycles. The first-order chi connectivity index (χ1) is 25.5. The number of halogens is 2. The Morgan fingerprint density at radius 3 is 1.07 bits per heavy atom. The maximum absolute atomic E-state index is 4.93. The van der Waals surface area contributed by atoms with E-state index >= 15 is 0 Å². The molecule has 0 aliphatic rings. The molecular formula is C50H64Cl2SiZr. The Kier molecular flexibility index (Phi) is 18.7. The van der Waals surface area contributed by atoms with E-state index in [2.05, 4.69) is 181 Å². The molecule has 0 aliphatic heterocycles. The second-order valence-corrected chi connectivity index (χ2v) is 21.4. The molecule has 6 aromatic carbocycles. The Morgan fingerprint density at radius 1 is 0.519 bits per heavy atom. The van der Waals surface area contributed by atoms with Crippen molar-refractivity contribution in [3.05, 3.63) is 129 Å². The van der Waals surface area contributed by atoms with Crippen LogP contribution in [-0.2, 0) is 33.7 Å². The average Bonchev–Trinajstić information content (AvgIpc) is 3.66. The summed E-state index contributed by atoms with van der Waals surface area (Å²) in [7, 11) is 11.0. The van der Waals surface area contributed by atoms with E-state index in [1.165, 1.54) is 88.3 Å². The van der Waals surface area contributed by atoms with Gasteiger partial charge >= 0.3 is 37.9 Å². The minimum atomic E-state index is -0.826. The first-order valence-corrected chi connectivity index (χ1v) is 28.0. The fraction of sp³-hybridized carbons (Fsp3) is 0.400. The van der Waals surface area contributed by atoms with Crippen LogP contribution in [0.15, 0.2) is 84.9 Å². The first-order valence-electron chi connectivity index (χ1n) is 19.7. The normalized spacial score (nSPS) is 11.0. The van der Waals surface area contributed by atoms with Crippen LogP contribution in [0.1, 0.15) is 112 Å². The van der Waals surface area contributed by atoms with Gasteiger partial charge in [0.05, 0.1) is 0 Å². The van der Waals surface area contributed by atoms with Crippen LogP contribution in [0, 0.1) is 39.5 Å². The predicted molar refractivity (Wildman–Crippen MR) is 243 cm³/mol. The summed E-state index contributed by atoms with van der Waals surface area (Å²) in [6.07, 6.45) is 2.30. The molecule has 0 atom stereocenters. The number of fused-ring (bicyclic) bond motifs is 2. The number of aryl methyl sites for hydroxylation is 4. The van der Waals surface area contributed by atoms with Crippen molar-refractivity contribution in [3.63, 3.8) is 0 Å². The summed E-state index contributed by atoms with van der Waals surface area (Å²) in [5.41, 5.74) is 16.8. The molecule has 2 radical (unpaired) electrons. The topological polar surface area (TPSA) is 0 Å². The molecule has 286 valence electrons. The third-order valence-electron chi connectivity index (χ3n) is 9.52. The van der Waals surface area contributed by atoms with Crippen LogP contribution in [0.5, 0.6) is 0 Å². The molecule has 6 rings (SSSR count). The van der Waals surface area contributed by atoms with E-state index in [0.717, 1.165) is 22.4 Å². The summed E-state index contributed by atoms with van der Waals surface area (Å²) in [4.78, 5) is 0. The Morgan fingerprint density at radius 2 is 0.815 bits per heavy atom. The summed E-state index contributed by atoms with van der Waals surface area (Å²) in [6, 6.07) is 32.7. The number of hydrogen-bond donors (Lipinski definition) is 0. The molecule has 4 heteroatoms. The van der Waals surface area contributed by atoms with Crippen molar-refractivity contribution in [1.82, 2.24) is 0 Å². The number of benzene rings is 4. The van der Waals surface area contributed by atoms with Crippen LogP contribution in [-0.4, -0.2) is 9.52 Å². The van der Waals surface area contributed by atoms with Crippen molar-refractivity contribution in [1.29, 1.82) is 0 Å². The first kappa shape index (κ1) is 46.2. The quantitative estimate of drug-likeness (QED) is 0.106. The summed E-state index contributed by atoms with van der Waals surface area (Å²) in [5, 5.41) is 5.59. The molecule has 0 spiro atoms. The van der Waals surface area contributed by atoms with Crippen molar-refractivity contribution in [2.75, 3.05) is 0 Å². The standard InChI is InChI=1S/2C24H29.C2H6Si.2ClH.Zr/c2*1-15(2)9-19-13-20-7-8-22(16(3)4)24(23(20)14-19)21-11-17(5)10-18(6)12-21;1-3-2;;;/h2*7-8,10-16H,9H2,1-6H3;1-2H3;2*1H;/q2*-1;;;;+4/p-2. The predicted octanol–water partition coefficient (Wildman–Crippen LogP) is 16.5. The van der Waals surface area contributed by atoms with E-state index in [1.807, 2.05) is 0 Å². The van der Waals surface area contributed by atoms with Gasteiger partial charge < -0.3 is 0 Å². The van der Waals surface area contributed by atoms with Crippen LogP contribution in [0.4, 0.5) is 0 Å². The molecule has 0 unspecified atom stereocenters. The Hall–Kier alpha value is -2.22. The second kappa shape index (κ2) is 21.9. The maximum atomic E-state index is 4.93. The summed E-state index contributed by atoms with van der Waals surface area (Å²) >= 11 is -0.826. The van der Waals surface area contributed by atoms with Gasteiger partial charge in [-0.15, -0.1) is 69.1 Å². The van der Waals surface area contributed by atoms with Crippen LogP contribution >= 0.6 is 17.0 Å². The second-order valence-electron chi connectivity index (χ2n) is 16.6. The van der Waals surface area contributed by atoms with Gasteiger partial charge in [0, 0.05) is 9.52 Å². The van der Waals surface area contributed by atoms with E-state index in [0.29, 0.717) is 23.7 Å². The van der Waals surface area contributed by atoms with Crippen LogP contribution in [0.25, 0.3) is 43.8 Å². The zero-order valence-corrected chi connectivity index (χ0v) is 40.5. The van der Waals surface area contributed by atoms with Crippen molar-refractivity contribution < 1.29 is 20.8 Å². The molecule has 0 saturated heterocycles. The monoisotopic (exact) mass is 852 g/mol. The van der Waals surface area contributed by atoms with E-state index in [4.69, 9.17) is 17.0 Å². The molecule has 0 aliphatic carbocycles. The van der Waals surface area contributed by atoms with Crippen LogP contribution in [0.2, 0.25) is 13.1 Å². The summed E-state index contributed by atoms with van der Waals surface area (Å²) < 4.78 is 0. The van der Waals surface area contributed by atoms with Gasteiger partial charge in [0.1, 0.15) is 0 Å². The number of rotatable bonds is 8. The molecule has 0 N–H and O–H groups in total. The average molecular weight is 855 g/mol. The van der Waals surface area contributed by atoms with Gasteiger partial charge in [-0.2, -0.15) is 12.1 Å². The SMILES string of the molecule is C[Si]C.Cc1cc(C)cc(-c2c(C(C)C)ccc3[cH-]c(CC(C)C)cc23)c1.Cc1cc(C)cc(-c2c(C(C)C)ccc3[cH-]c(CC(C)C)cc23)c1.[Cl][Zr+2][Cl]. The Labute approximate surface area is 350 Å². The molecule has 0 bridgehead atoms. The zero-order chi connectivity index (χ0) is 40.3. The number of hydrogen-bond acceptors (Lipinski definition) is 0. The van der Waals surface area contributed by atoms with Gasteiger partial charge in [0.2, 0.25) is 0 Å². The van der Waals surface area contributed by atoms with Gasteiger partial charge in [-0.1, -0.05) is 149 Å². The van der Waals surface area contributed by atoms with Crippen molar-refractivity contribution in [2.45, 2.75) is 121 Å². The Balaban J connectivity index is 0.000000254. The molecule has 6 aromatic rings. The Bertz CT molecular complexity index is 1880. The van der Waals surface area contributed by atoms with Gasteiger partial charge in [0.25, 0.3) is 0 Å². The van der Waals surface area contributed by atoms with Crippen molar-refractivity contribution in [3.8, 4) is 22.3 Å². The molecule has 0 fully saturated rings. The molecule has 0 aromatic heterocycles. The fourth-order valence-electron chi connectivity index (χ4n) is 7.74. The molecule has 0 amide bonds. The summed E-state index contributed by atoms with van der Waals surface area (Å²) in [5.74, 6) is 2.43. The van der Waals surface area contributed by atoms with Gasteiger partial charge in [0.15, 0.2) is 0 Å². The van der Waals surface area contributed by atoms with Crippen LogP contribution in [0.3, 0.4) is 0 Å². The van der Waals surface area contributed by atoms with E-state index in [1.54, 1.807) is 0 Å². The van der Waals surface area contributed by atoms with Crippen LogP contribution < -0.4 is 0 Å². The van der Waals surface area contributed by atoms with Gasteiger partial charge in [-0.25, -0.2) is 0 Å².